The lowest BCUT2D eigenvalue weighted by atomic mass is 10.1. The van der Waals surface area contributed by atoms with Crippen molar-refractivity contribution in [1.82, 2.24) is 15.1 Å². The lowest BCUT2D eigenvalue weighted by Gasteiger charge is -2.27. The van der Waals surface area contributed by atoms with Crippen LogP contribution in [0, 0.1) is 0 Å². The van der Waals surface area contributed by atoms with E-state index in [0.29, 0.717) is 19.5 Å². The molecule has 1 amide bonds. The van der Waals surface area contributed by atoms with Gasteiger partial charge in [0.05, 0.1) is 6.42 Å². The van der Waals surface area contributed by atoms with E-state index in [2.05, 4.69) is 10.2 Å². The fourth-order valence-electron chi connectivity index (χ4n) is 3.62. The highest BCUT2D eigenvalue weighted by Crippen LogP contribution is 2.33. The van der Waals surface area contributed by atoms with E-state index >= 15 is 0 Å². The van der Waals surface area contributed by atoms with Crippen molar-refractivity contribution in [3.8, 4) is 11.5 Å². The molecule has 1 aromatic carbocycles. The van der Waals surface area contributed by atoms with Gasteiger partial charge in [-0.3, -0.25) is 4.79 Å². The van der Waals surface area contributed by atoms with Gasteiger partial charge in [-0.15, -0.1) is 0 Å². The van der Waals surface area contributed by atoms with Crippen LogP contribution < -0.4 is 14.8 Å². The number of hydrogen-bond donors (Lipinski definition) is 1. The van der Waals surface area contributed by atoms with Gasteiger partial charge in [-0.1, -0.05) is 6.07 Å². The van der Waals surface area contributed by atoms with Gasteiger partial charge in [0.2, 0.25) is 13.6 Å². The zero-order chi connectivity index (χ0) is 21.3. The van der Waals surface area contributed by atoms with E-state index in [4.69, 9.17) is 18.9 Å². The molecular weight excluding hydrogens is 390 g/mol. The molecule has 1 unspecified atom stereocenters. The summed E-state index contributed by atoms with van der Waals surface area (Å²) in [5.74, 6) is 1.09. The molecule has 0 radical (unpaired) electrons. The number of nitrogens with zero attached hydrogens (tertiary/aromatic N) is 2. The van der Waals surface area contributed by atoms with Crippen molar-refractivity contribution in [1.29, 1.82) is 0 Å². The highest BCUT2D eigenvalue weighted by molar-refractivity contribution is 5.70. The summed E-state index contributed by atoms with van der Waals surface area (Å²) >= 11 is 0. The normalized spacial score (nSPS) is 16.7. The van der Waals surface area contributed by atoms with E-state index in [1.165, 1.54) is 0 Å². The van der Waals surface area contributed by atoms with Crippen molar-refractivity contribution in [2.45, 2.75) is 32.7 Å². The third-order valence-corrected chi connectivity index (χ3v) is 5.32. The fourth-order valence-corrected chi connectivity index (χ4v) is 3.62. The van der Waals surface area contributed by atoms with Gasteiger partial charge < -0.3 is 34.1 Å². The van der Waals surface area contributed by atoms with E-state index in [-0.39, 0.29) is 32.0 Å². The Hall–Kier alpha value is -2.52. The number of esters is 1. The van der Waals surface area contributed by atoms with Crippen LogP contribution in [0.4, 0.5) is 4.79 Å². The Bertz CT molecular complexity index is 723. The summed E-state index contributed by atoms with van der Waals surface area (Å²) in [5.41, 5.74) is 1.04. The molecule has 9 nitrogen and oxygen atoms in total. The van der Waals surface area contributed by atoms with Crippen molar-refractivity contribution in [3.63, 3.8) is 0 Å². The molecule has 0 aliphatic carbocycles. The minimum Gasteiger partial charge on any atom is -0.454 e. The Morgan fingerprint density at radius 3 is 2.73 bits per heavy atom. The number of hydrogen-bond acceptors (Lipinski definition) is 8. The highest BCUT2D eigenvalue weighted by Gasteiger charge is 2.22. The molecule has 3 rings (SSSR count). The van der Waals surface area contributed by atoms with Crippen LogP contribution in [-0.2, 0) is 20.7 Å². The number of likely N-dealkylation sites (N-methyl/N-ethyl adjacent to an activating group) is 1. The summed E-state index contributed by atoms with van der Waals surface area (Å²) < 4.78 is 21.0. The van der Waals surface area contributed by atoms with E-state index in [0.717, 1.165) is 43.2 Å². The Kier molecular flexibility index (Phi) is 8.15. The molecule has 0 saturated carbocycles. The minimum atomic E-state index is -0.499. The first-order chi connectivity index (χ1) is 14.6. The zero-order valence-corrected chi connectivity index (χ0v) is 17.7. The smallest absolute Gasteiger partial charge is 0.412 e. The first kappa shape index (κ1) is 22.2. The average molecular weight is 421 g/mol. The summed E-state index contributed by atoms with van der Waals surface area (Å²) in [6, 6.07) is 5.67. The topological polar surface area (TPSA) is 89.6 Å². The number of nitrogens with one attached hydrogen (secondary N) is 1. The molecule has 2 heterocycles. The van der Waals surface area contributed by atoms with Gasteiger partial charge in [-0.25, -0.2) is 4.79 Å². The van der Waals surface area contributed by atoms with Crippen LogP contribution in [0.5, 0.6) is 11.5 Å². The maximum Gasteiger partial charge on any atom is 0.412 e. The van der Waals surface area contributed by atoms with Gasteiger partial charge in [0.1, 0.15) is 0 Å². The predicted octanol–water partition coefficient (Wildman–Crippen LogP) is 1.60. The van der Waals surface area contributed by atoms with Gasteiger partial charge in [-0.2, -0.15) is 0 Å². The summed E-state index contributed by atoms with van der Waals surface area (Å²) in [6.07, 6.45) is 0.431. The third-order valence-electron chi connectivity index (χ3n) is 5.32. The van der Waals surface area contributed by atoms with E-state index in [1.807, 2.05) is 32.0 Å². The van der Waals surface area contributed by atoms with Crippen LogP contribution in [0.1, 0.15) is 25.8 Å². The van der Waals surface area contributed by atoms with Crippen LogP contribution >= 0.6 is 0 Å². The maximum atomic E-state index is 12.4. The second-order valence-corrected chi connectivity index (χ2v) is 7.41. The monoisotopic (exact) mass is 421 g/mol. The number of carbonyl (C=O) groups is 2. The molecule has 2 aliphatic rings. The molecule has 9 heteroatoms. The molecule has 1 aromatic rings. The maximum absolute atomic E-state index is 12.4. The van der Waals surface area contributed by atoms with Crippen LogP contribution in [0.2, 0.25) is 0 Å². The molecule has 0 bridgehead atoms. The molecule has 2 aliphatic heterocycles. The molecule has 1 fully saturated rings. The predicted molar refractivity (Wildman–Crippen MR) is 109 cm³/mol. The Labute approximate surface area is 177 Å². The number of ether oxygens (including phenoxy) is 4. The quantitative estimate of drug-likeness (QED) is 0.475. The number of benzene rings is 1. The Balaban J connectivity index is 1.38. The lowest BCUT2D eigenvalue weighted by molar-refractivity contribution is -0.152. The first-order valence-corrected chi connectivity index (χ1v) is 10.5. The van der Waals surface area contributed by atoms with Crippen LogP contribution in [0.3, 0.4) is 0 Å². The van der Waals surface area contributed by atoms with Gasteiger partial charge in [0.15, 0.2) is 11.5 Å². The minimum absolute atomic E-state index is 0.0914. The number of fused-ring (bicyclic) bond motifs is 1. The molecule has 0 spiro atoms. The van der Waals surface area contributed by atoms with Crippen molar-refractivity contribution < 1.29 is 28.5 Å². The lowest BCUT2D eigenvalue weighted by Crippen LogP contribution is -2.44. The number of rotatable bonds is 9. The molecule has 1 saturated heterocycles. The first-order valence-electron chi connectivity index (χ1n) is 10.5. The Morgan fingerprint density at radius 2 is 1.97 bits per heavy atom. The van der Waals surface area contributed by atoms with E-state index in [9.17, 15) is 9.59 Å². The molecule has 30 heavy (non-hydrogen) atoms. The standard InChI is InChI=1S/C21H31N3O6/c1-3-24(16(2)12-17-4-5-18-19(13-17)28-14-27-18)21(26)30-15-29-20(25)6-9-23-10-7-22-8-11-23/h4-5,13,16,22H,3,6-12,14-15H2,1-2H3. The average Bonchev–Trinajstić information content (AvgIpc) is 3.21. The van der Waals surface area contributed by atoms with Gasteiger partial charge >= 0.3 is 12.1 Å². The summed E-state index contributed by atoms with van der Waals surface area (Å²) in [4.78, 5) is 28.1. The fraction of sp³-hybridized carbons (Fsp3) is 0.619. The third kappa shape index (κ3) is 6.24. The zero-order valence-electron chi connectivity index (χ0n) is 17.7. The molecule has 1 atom stereocenters. The highest BCUT2D eigenvalue weighted by atomic mass is 16.7. The number of carbonyl (C=O) groups excluding carboxylic acids is 2. The van der Waals surface area contributed by atoms with E-state index < -0.39 is 6.09 Å². The number of amides is 1. The van der Waals surface area contributed by atoms with E-state index in [1.54, 1.807) is 4.90 Å². The van der Waals surface area contributed by atoms with Gasteiger partial charge in [0, 0.05) is 45.3 Å². The molecule has 1 N–H and O–H groups in total. The second kappa shape index (κ2) is 11.0. The molecular formula is C21H31N3O6. The van der Waals surface area contributed by atoms with Crippen LogP contribution in [0.15, 0.2) is 18.2 Å². The summed E-state index contributed by atoms with van der Waals surface area (Å²) in [7, 11) is 0. The molecule has 0 aromatic heterocycles. The van der Waals surface area contributed by atoms with Gasteiger partial charge in [0.25, 0.3) is 0 Å². The largest absolute Gasteiger partial charge is 0.454 e. The SMILES string of the molecule is CCN(C(=O)OCOC(=O)CCN1CCNCC1)C(C)Cc1ccc2c(c1)OCO2. The summed E-state index contributed by atoms with van der Waals surface area (Å²) in [6.45, 7) is 8.56. The van der Waals surface area contributed by atoms with Gasteiger partial charge in [-0.05, 0) is 38.0 Å². The van der Waals surface area contributed by atoms with Crippen LogP contribution in [-0.4, -0.2) is 80.8 Å². The number of piperazine rings is 1. The van der Waals surface area contributed by atoms with Crippen molar-refractivity contribution in [2.75, 3.05) is 52.9 Å². The Morgan fingerprint density at radius 1 is 1.20 bits per heavy atom. The van der Waals surface area contributed by atoms with Crippen molar-refractivity contribution in [2.24, 2.45) is 0 Å². The van der Waals surface area contributed by atoms with Crippen molar-refractivity contribution in [3.05, 3.63) is 23.8 Å². The molecule has 166 valence electrons. The van der Waals surface area contributed by atoms with Crippen LogP contribution in [0.25, 0.3) is 0 Å². The van der Waals surface area contributed by atoms with Crippen molar-refractivity contribution >= 4 is 12.1 Å². The summed E-state index contributed by atoms with van der Waals surface area (Å²) in [5, 5.41) is 3.27. The second-order valence-electron chi connectivity index (χ2n) is 7.41.